The number of fused-ring (bicyclic) bond motifs is 1. The Balaban J connectivity index is 2.22. The van der Waals surface area contributed by atoms with Crippen molar-refractivity contribution in [1.82, 2.24) is 0 Å². The van der Waals surface area contributed by atoms with Crippen molar-refractivity contribution in [2.75, 3.05) is 6.61 Å². The van der Waals surface area contributed by atoms with E-state index in [0.717, 1.165) is 31.6 Å². The van der Waals surface area contributed by atoms with E-state index in [2.05, 4.69) is 32.0 Å². The second kappa shape index (κ2) is 5.09. The summed E-state index contributed by atoms with van der Waals surface area (Å²) >= 11 is 6.46. The van der Waals surface area contributed by atoms with Gasteiger partial charge in [-0.15, -0.1) is 11.6 Å². The third-order valence-electron chi connectivity index (χ3n) is 3.39. The Labute approximate surface area is 103 Å². The molecule has 0 N–H and O–H groups in total. The van der Waals surface area contributed by atoms with Gasteiger partial charge in [-0.05, 0) is 36.0 Å². The Morgan fingerprint density at radius 2 is 2.25 bits per heavy atom. The van der Waals surface area contributed by atoms with Gasteiger partial charge in [0.2, 0.25) is 0 Å². The Morgan fingerprint density at radius 1 is 1.44 bits per heavy atom. The molecule has 2 atom stereocenters. The molecule has 1 aliphatic heterocycles. The van der Waals surface area contributed by atoms with Crippen molar-refractivity contribution < 1.29 is 4.74 Å². The van der Waals surface area contributed by atoms with Crippen LogP contribution in [0.5, 0.6) is 5.75 Å². The quantitative estimate of drug-likeness (QED) is 0.712. The van der Waals surface area contributed by atoms with E-state index in [4.69, 9.17) is 16.3 Å². The lowest BCUT2D eigenvalue weighted by Crippen LogP contribution is -2.10. The summed E-state index contributed by atoms with van der Waals surface area (Å²) < 4.78 is 5.60. The largest absolute Gasteiger partial charge is 0.493 e. The van der Waals surface area contributed by atoms with Crippen molar-refractivity contribution in [2.24, 2.45) is 5.92 Å². The molecule has 2 unspecified atom stereocenters. The minimum absolute atomic E-state index is 0.122. The third kappa shape index (κ3) is 2.35. The smallest absolute Gasteiger partial charge is 0.122 e. The standard InChI is InChI=1S/C14H19ClO/c1-3-10(2)14(15)12-6-7-13-11(9-12)5-4-8-16-13/h6-7,9-10,14H,3-5,8H2,1-2H3. The number of aryl methyl sites for hydroxylation is 1. The molecule has 2 rings (SSSR count). The molecule has 0 aliphatic carbocycles. The van der Waals surface area contributed by atoms with Crippen LogP contribution in [0.1, 0.15) is 43.2 Å². The molecule has 88 valence electrons. The number of benzene rings is 1. The van der Waals surface area contributed by atoms with E-state index in [1.165, 1.54) is 11.1 Å². The van der Waals surface area contributed by atoms with Crippen molar-refractivity contribution in [2.45, 2.75) is 38.5 Å². The van der Waals surface area contributed by atoms with Crippen molar-refractivity contribution in [3.63, 3.8) is 0 Å². The topological polar surface area (TPSA) is 9.23 Å². The van der Waals surface area contributed by atoms with Gasteiger partial charge in [0.1, 0.15) is 5.75 Å². The lowest BCUT2D eigenvalue weighted by molar-refractivity contribution is 0.288. The molecule has 0 radical (unpaired) electrons. The first kappa shape index (κ1) is 11.8. The van der Waals surface area contributed by atoms with Gasteiger partial charge in [0.15, 0.2) is 0 Å². The lowest BCUT2D eigenvalue weighted by Gasteiger charge is -2.21. The van der Waals surface area contributed by atoms with Gasteiger partial charge in [-0.25, -0.2) is 0 Å². The molecular weight excluding hydrogens is 220 g/mol. The number of hydrogen-bond acceptors (Lipinski definition) is 1. The average molecular weight is 239 g/mol. The second-order valence-corrected chi connectivity index (χ2v) is 5.08. The fourth-order valence-corrected chi connectivity index (χ4v) is 2.40. The molecule has 1 aliphatic rings. The van der Waals surface area contributed by atoms with Crippen LogP contribution in [0.4, 0.5) is 0 Å². The average Bonchev–Trinajstić information content (AvgIpc) is 2.36. The normalized spacial score (nSPS) is 18.4. The molecule has 1 aromatic carbocycles. The van der Waals surface area contributed by atoms with Crippen LogP contribution in [0.3, 0.4) is 0 Å². The van der Waals surface area contributed by atoms with E-state index < -0.39 is 0 Å². The van der Waals surface area contributed by atoms with Gasteiger partial charge in [0.05, 0.1) is 12.0 Å². The van der Waals surface area contributed by atoms with Crippen LogP contribution < -0.4 is 4.74 Å². The van der Waals surface area contributed by atoms with E-state index in [9.17, 15) is 0 Å². The van der Waals surface area contributed by atoms with Gasteiger partial charge in [0.25, 0.3) is 0 Å². The summed E-state index contributed by atoms with van der Waals surface area (Å²) in [5, 5.41) is 0.122. The number of hydrogen-bond donors (Lipinski definition) is 0. The lowest BCUT2D eigenvalue weighted by atomic mass is 9.95. The monoisotopic (exact) mass is 238 g/mol. The Hall–Kier alpha value is -0.690. The molecule has 1 nitrogen and oxygen atoms in total. The Morgan fingerprint density at radius 3 is 3.00 bits per heavy atom. The molecule has 0 saturated carbocycles. The van der Waals surface area contributed by atoms with Gasteiger partial charge < -0.3 is 4.74 Å². The fraction of sp³-hybridized carbons (Fsp3) is 0.571. The minimum atomic E-state index is 0.122. The van der Waals surface area contributed by atoms with Crippen LogP contribution in [0.15, 0.2) is 18.2 Å². The van der Waals surface area contributed by atoms with Gasteiger partial charge >= 0.3 is 0 Å². The highest BCUT2D eigenvalue weighted by molar-refractivity contribution is 6.21. The van der Waals surface area contributed by atoms with Gasteiger partial charge in [-0.3, -0.25) is 0 Å². The highest BCUT2D eigenvalue weighted by atomic mass is 35.5. The van der Waals surface area contributed by atoms with E-state index in [0.29, 0.717) is 5.92 Å². The third-order valence-corrected chi connectivity index (χ3v) is 4.08. The molecule has 1 aromatic rings. The highest BCUT2D eigenvalue weighted by Crippen LogP contribution is 2.34. The SMILES string of the molecule is CCC(C)C(Cl)c1ccc2c(c1)CCCO2. The zero-order valence-corrected chi connectivity index (χ0v) is 10.8. The molecule has 2 heteroatoms. The first-order valence-corrected chi connectivity index (χ1v) is 6.55. The van der Waals surface area contributed by atoms with Gasteiger partial charge in [-0.1, -0.05) is 32.4 Å². The van der Waals surface area contributed by atoms with E-state index in [1.807, 2.05) is 0 Å². The zero-order valence-electron chi connectivity index (χ0n) is 10.0. The summed E-state index contributed by atoms with van der Waals surface area (Å²) in [6.07, 6.45) is 3.35. The number of halogens is 1. The second-order valence-electron chi connectivity index (χ2n) is 4.61. The van der Waals surface area contributed by atoms with Crippen LogP contribution in [-0.2, 0) is 6.42 Å². The molecule has 1 heterocycles. The van der Waals surface area contributed by atoms with Crippen molar-refractivity contribution in [3.8, 4) is 5.75 Å². The summed E-state index contributed by atoms with van der Waals surface area (Å²) in [5.41, 5.74) is 2.55. The molecule has 0 bridgehead atoms. The van der Waals surface area contributed by atoms with Gasteiger partial charge in [-0.2, -0.15) is 0 Å². The summed E-state index contributed by atoms with van der Waals surface area (Å²) in [6, 6.07) is 6.40. The molecule has 16 heavy (non-hydrogen) atoms. The van der Waals surface area contributed by atoms with E-state index >= 15 is 0 Å². The van der Waals surface area contributed by atoms with Crippen LogP contribution in [0.25, 0.3) is 0 Å². The van der Waals surface area contributed by atoms with Crippen molar-refractivity contribution in [1.29, 1.82) is 0 Å². The maximum Gasteiger partial charge on any atom is 0.122 e. The van der Waals surface area contributed by atoms with Crippen LogP contribution in [-0.4, -0.2) is 6.61 Å². The van der Waals surface area contributed by atoms with Gasteiger partial charge in [0, 0.05) is 0 Å². The van der Waals surface area contributed by atoms with E-state index in [1.54, 1.807) is 0 Å². The predicted molar refractivity (Wildman–Crippen MR) is 68.3 cm³/mol. The minimum Gasteiger partial charge on any atom is -0.493 e. The highest BCUT2D eigenvalue weighted by Gasteiger charge is 2.17. The summed E-state index contributed by atoms with van der Waals surface area (Å²) in [4.78, 5) is 0. The predicted octanol–water partition coefficient (Wildman–Crippen LogP) is 4.34. The number of ether oxygens (including phenoxy) is 1. The van der Waals surface area contributed by atoms with Crippen molar-refractivity contribution >= 4 is 11.6 Å². The Kier molecular flexibility index (Phi) is 3.75. The molecule has 0 saturated heterocycles. The fourth-order valence-electron chi connectivity index (χ4n) is 2.09. The van der Waals surface area contributed by atoms with Crippen LogP contribution >= 0.6 is 11.6 Å². The van der Waals surface area contributed by atoms with Crippen molar-refractivity contribution in [3.05, 3.63) is 29.3 Å². The summed E-state index contributed by atoms with van der Waals surface area (Å²) in [7, 11) is 0. The first-order valence-electron chi connectivity index (χ1n) is 6.12. The van der Waals surface area contributed by atoms with E-state index in [-0.39, 0.29) is 5.38 Å². The summed E-state index contributed by atoms with van der Waals surface area (Å²) in [6.45, 7) is 5.23. The maximum atomic E-state index is 6.46. The van der Waals surface area contributed by atoms with Crippen LogP contribution in [0, 0.1) is 5.92 Å². The molecule has 0 aromatic heterocycles. The molecular formula is C14H19ClO. The van der Waals surface area contributed by atoms with Crippen LogP contribution in [0.2, 0.25) is 0 Å². The molecule has 0 fully saturated rings. The summed E-state index contributed by atoms with van der Waals surface area (Å²) in [5.74, 6) is 1.56. The maximum absolute atomic E-state index is 6.46. The first-order chi connectivity index (χ1) is 7.72. The number of rotatable bonds is 3. The molecule has 0 amide bonds. The molecule has 0 spiro atoms. The number of alkyl halides is 1. The Bertz CT molecular complexity index is 362. The zero-order chi connectivity index (χ0) is 11.5.